The van der Waals surface area contributed by atoms with Crippen molar-refractivity contribution in [1.29, 1.82) is 0 Å². The van der Waals surface area contributed by atoms with E-state index in [0.717, 1.165) is 55.7 Å². The Hall–Kier alpha value is -4.43. The number of aromatic nitrogens is 4. The summed E-state index contributed by atoms with van der Waals surface area (Å²) < 4.78 is 2.15. The normalized spacial score (nSPS) is 11.1. The molecule has 0 bridgehead atoms. The molecule has 0 unspecified atom stereocenters. The van der Waals surface area contributed by atoms with E-state index in [2.05, 4.69) is 45.9 Å². The second-order valence-corrected chi connectivity index (χ2v) is 8.76. The first-order chi connectivity index (χ1) is 17.8. The van der Waals surface area contributed by atoms with E-state index in [-0.39, 0.29) is 24.6 Å². The van der Waals surface area contributed by atoms with Gasteiger partial charge < -0.3 is 5.11 Å². The Bertz CT molecular complexity index is 1910. The molecule has 0 fully saturated rings. The minimum Gasteiger partial charge on any atom is -0.872 e. The predicted octanol–water partition coefficient (Wildman–Crippen LogP) is 2.95. The third-order valence-electron chi connectivity index (χ3n) is 6.57. The van der Waals surface area contributed by atoms with Crippen molar-refractivity contribution >= 4 is 32.8 Å². The van der Waals surface area contributed by atoms with Crippen LogP contribution in [-0.4, -0.2) is 14.5 Å². The molecule has 0 amide bonds. The number of hydrogen-bond acceptors (Lipinski definition) is 3. The van der Waals surface area contributed by atoms with Crippen molar-refractivity contribution in [2.45, 2.75) is 0 Å². The molecule has 6 heteroatoms. The van der Waals surface area contributed by atoms with Gasteiger partial charge in [-0.3, -0.25) is 4.57 Å². The molecule has 4 aromatic carbocycles. The van der Waals surface area contributed by atoms with E-state index in [0.29, 0.717) is 5.56 Å². The number of rotatable bonds is 3. The van der Waals surface area contributed by atoms with Crippen LogP contribution in [0.5, 0.6) is 5.75 Å². The molecular weight excluding hydrogens is 451 g/mol. The average Bonchev–Trinajstić information content (AvgIpc) is 3.33. The molecule has 3 aromatic heterocycles. The molecule has 0 radical (unpaired) electrons. The first-order valence-corrected chi connectivity index (χ1v) is 11.8. The number of aromatic amines is 1. The number of nitrogens with one attached hydrogen (secondary N) is 1. The molecule has 7 rings (SSSR count). The Kier molecular flexibility index (Phi) is 5.73. The van der Waals surface area contributed by atoms with Gasteiger partial charge in [0.1, 0.15) is 11.2 Å². The summed E-state index contributed by atoms with van der Waals surface area (Å²) in [5.41, 5.74) is 6.87. The molecule has 5 nitrogen and oxygen atoms in total. The molecule has 0 spiro atoms. The van der Waals surface area contributed by atoms with Crippen molar-refractivity contribution < 1.29 is 29.0 Å². The zero-order chi connectivity index (χ0) is 24.1. The van der Waals surface area contributed by atoms with Gasteiger partial charge in [0.25, 0.3) is 0 Å². The smallest absolute Gasteiger partial charge is 0.872 e. The molecule has 0 atom stereocenters. The molecule has 37 heavy (non-hydrogen) atoms. The summed E-state index contributed by atoms with van der Waals surface area (Å²) in [4.78, 5) is 13.6. The summed E-state index contributed by atoms with van der Waals surface area (Å²) in [6.45, 7) is 0. The van der Waals surface area contributed by atoms with E-state index in [9.17, 15) is 5.11 Å². The summed E-state index contributed by atoms with van der Waals surface area (Å²) in [6, 6.07) is 37.6. The fourth-order valence-electron chi connectivity index (χ4n) is 4.83. The maximum absolute atomic E-state index is 12.5. The second kappa shape index (κ2) is 9.22. The first-order valence-electron chi connectivity index (χ1n) is 11.8. The molecule has 0 aliphatic heterocycles. The van der Waals surface area contributed by atoms with Crippen LogP contribution in [0.4, 0.5) is 0 Å². The van der Waals surface area contributed by atoms with E-state index in [1.165, 1.54) is 0 Å². The maximum atomic E-state index is 12.5. The zero-order valence-electron chi connectivity index (χ0n) is 20.2. The largest absolute Gasteiger partial charge is 1.00 e. The molecular formula is C31H20LiN4O+. The van der Waals surface area contributed by atoms with Crippen molar-refractivity contribution in [2.75, 3.05) is 0 Å². The van der Waals surface area contributed by atoms with Gasteiger partial charge in [-0.2, -0.15) is 0 Å². The van der Waals surface area contributed by atoms with Gasteiger partial charge in [0.2, 0.25) is 11.2 Å². The van der Waals surface area contributed by atoms with Gasteiger partial charge in [0, 0.05) is 28.1 Å². The van der Waals surface area contributed by atoms with Gasteiger partial charge in [-0.1, -0.05) is 66.4 Å². The summed E-state index contributed by atoms with van der Waals surface area (Å²) in [5, 5.41) is 14.5. The van der Waals surface area contributed by atoms with E-state index in [1.54, 1.807) is 12.1 Å². The van der Waals surface area contributed by atoms with Crippen LogP contribution in [0.3, 0.4) is 0 Å². The Balaban J connectivity index is 0.00000252. The monoisotopic (exact) mass is 471 g/mol. The standard InChI is InChI=1S/C31H20N4O.Li/c36-28-13-7-4-10-23(28)24-18-16-20-14-15-21-17-19-26(33-30(21)29(20)32-24)31-34-25-11-5-6-12-27(25)35(31)22-8-2-1-3-9-22;/h1-19,36H;/q;+1. The fourth-order valence-corrected chi connectivity index (χ4v) is 4.83. The summed E-state index contributed by atoms with van der Waals surface area (Å²) >= 11 is 0. The maximum Gasteiger partial charge on any atom is 1.00 e. The number of H-pyrrole nitrogens is 1. The molecule has 1 N–H and O–H groups in total. The van der Waals surface area contributed by atoms with Crippen LogP contribution < -0.4 is 29.0 Å². The van der Waals surface area contributed by atoms with Gasteiger partial charge in [-0.05, 0) is 48.5 Å². The number of fused-ring (bicyclic) bond motifs is 4. The third kappa shape index (κ3) is 3.86. The van der Waals surface area contributed by atoms with Crippen molar-refractivity contribution in [3.8, 4) is 34.2 Å². The number of para-hydroxylation sites is 4. The van der Waals surface area contributed by atoms with E-state index in [4.69, 9.17) is 9.97 Å². The number of pyridine rings is 2. The number of hydrogen-bond donors (Lipinski definition) is 0. The van der Waals surface area contributed by atoms with Crippen LogP contribution in [0.25, 0.3) is 61.3 Å². The molecule has 3 heterocycles. The molecule has 0 aliphatic rings. The van der Waals surface area contributed by atoms with Crippen molar-refractivity contribution in [1.82, 2.24) is 14.5 Å². The minimum absolute atomic E-state index is 0. The topological polar surface area (TPSA) is 67.9 Å². The zero-order valence-corrected chi connectivity index (χ0v) is 20.2. The fraction of sp³-hybridized carbons (Fsp3) is 0. The van der Waals surface area contributed by atoms with Crippen molar-refractivity contribution in [3.63, 3.8) is 0 Å². The predicted molar refractivity (Wildman–Crippen MR) is 141 cm³/mol. The molecule has 7 aromatic rings. The quantitative estimate of drug-likeness (QED) is 0.294. The Morgan fingerprint density at radius 3 is 2.22 bits per heavy atom. The van der Waals surface area contributed by atoms with Gasteiger partial charge in [-0.15, -0.1) is 0 Å². The molecule has 0 saturated carbocycles. The van der Waals surface area contributed by atoms with E-state index >= 15 is 0 Å². The SMILES string of the molecule is [Li+].[O-]c1ccccc1-c1ccc2ccc3ccc(-c4nc5ccccc5n4-c4ccccc4)nc3c2[nH+]1. The summed E-state index contributed by atoms with van der Waals surface area (Å²) in [5.74, 6) is 0.765. The van der Waals surface area contributed by atoms with Gasteiger partial charge in [-0.25, -0.2) is 15.0 Å². The van der Waals surface area contributed by atoms with Crippen LogP contribution in [0.2, 0.25) is 0 Å². The summed E-state index contributed by atoms with van der Waals surface area (Å²) in [7, 11) is 0. The molecule has 0 saturated heterocycles. The number of imidazole rings is 1. The number of nitrogens with zero attached hydrogens (tertiary/aromatic N) is 3. The van der Waals surface area contributed by atoms with Crippen LogP contribution in [0.1, 0.15) is 0 Å². The molecule has 170 valence electrons. The molecule has 0 aliphatic carbocycles. The van der Waals surface area contributed by atoms with Gasteiger partial charge >= 0.3 is 18.9 Å². The van der Waals surface area contributed by atoms with Gasteiger partial charge in [0.15, 0.2) is 5.82 Å². The summed E-state index contributed by atoms with van der Waals surface area (Å²) in [6.07, 6.45) is 0. The van der Waals surface area contributed by atoms with Crippen LogP contribution in [0, 0.1) is 0 Å². The van der Waals surface area contributed by atoms with Crippen molar-refractivity contribution in [3.05, 3.63) is 115 Å². The van der Waals surface area contributed by atoms with Crippen LogP contribution in [-0.2, 0) is 0 Å². The first kappa shape index (κ1) is 23.0. The Morgan fingerprint density at radius 2 is 1.35 bits per heavy atom. The van der Waals surface area contributed by atoms with Crippen molar-refractivity contribution in [2.24, 2.45) is 0 Å². The van der Waals surface area contributed by atoms with E-state index in [1.807, 2.05) is 66.7 Å². The van der Waals surface area contributed by atoms with Crippen LogP contribution >= 0.6 is 0 Å². The average molecular weight is 471 g/mol. The Morgan fingerprint density at radius 1 is 0.649 bits per heavy atom. The number of benzene rings is 4. The van der Waals surface area contributed by atoms with E-state index < -0.39 is 0 Å². The Labute approximate surface area is 225 Å². The second-order valence-electron chi connectivity index (χ2n) is 8.76. The minimum atomic E-state index is -0.0152. The van der Waals surface area contributed by atoms with Gasteiger partial charge in [0.05, 0.1) is 11.0 Å². The third-order valence-corrected chi connectivity index (χ3v) is 6.57. The van der Waals surface area contributed by atoms with Crippen LogP contribution in [0.15, 0.2) is 115 Å².